The Kier molecular flexibility index (Phi) is 4.72. The third kappa shape index (κ3) is 3.85. The van der Waals surface area contributed by atoms with Gasteiger partial charge >= 0.3 is 0 Å². The topological polar surface area (TPSA) is 23.6 Å². The molecule has 1 aromatic carbocycles. The molecule has 1 aliphatic heterocycles. The lowest BCUT2D eigenvalue weighted by molar-refractivity contribution is 0.0595. The predicted molar refractivity (Wildman–Crippen MR) is 87.8 cm³/mol. The van der Waals surface area contributed by atoms with Crippen molar-refractivity contribution in [1.82, 2.24) is 9.80 Å². The van der Waals surface area contributed by atoms with Gasteiger partial charge in [-0.15, -0.1) is 0 Å². The Bertz CT molecular complexity index is 494. The first-order chi connectivity index (χ1) is 9.79. The van der Waals surface area contributed by atoms with Crippen LogP contribution in [-0.2, 0) is 5.41 Å². The second-order valence-electron chi connectivity index (χ2n) is 7.25. The molecule has 3 heteroatoms. The maximum absolute atomic E-state index is 12.7. The Hall–Kier alpha value is -1.35. The minimum absolute atomic E-state index is 0.0760. The Morgan fingerprint density at radius 3 is 2.24 bits per heavy atom. The molecular weight excluding hydrogens is 260 g/mol. The van der Waals surface area contributed by atoms with Gasteiger partial charge in [0.25, 0.3) is 5.91 Å². The number of piperazine rings is 1. The second-order valence-corrected chi connectivity index (χ2v) is 7.25. The van der Waals surface area contributed by atoms with Crippen molar-refractivity contribution in [1.29, 1.82) is 0 Å². The van der Waals surface area contributed by atoms with Crippen LogP contribution in [0, 0.1) is 0 Å². The number of amides is 1. The third-order valence-electron chi connectivity index (χ3n) is 4.31. The molecule has 21 heavy (non-hydrogen) atoms. The molecule has 1 aromatic rings. The van der Waals surface area contributed by atoms with E-state index in [0.29, 0.717) is 6.04 Å². The van der Waals surface area contributed by atoms with Crippen LogP contribution in [0.15, 0.2) is 24.3 Å². The molecule has 3 nitrogen and oxygen atoms in total. The summed E-state index contributed by atoms with van der Waals surface area (Å²) in [6, 6.07) is 8.65. The molecule has 0 spiro atoms. The van der Waals surface area contributed by atoms with E-state index in [0.717, 1.165) is 31.7 Å². The number of benzene rings is 1. The first kappa shape index (κ1) is 16.0. The standard InChI is InChI=1S/C18H28N2O/c1-14(2)19-9-11-20(12-10-19)17(21)15-7-6-8-16(13-15)18(3,4)5/h6-8,13-14H,9-12H2,1-5H3. The van der Waals surface area contributed by atoms with Crippen molar-refractivity contribution in [3.8, 4) is 0 Å². The van der Waals surface area contributed by atoms with Crippen LogP contribution < -0.4 is 0 Å². The Balaban J connectivity index is 2.08. The molecule has 1 amide bonds. The summed E-state index contributed by atoms with van der Waals surface area (Å²) in [5.41, 5.74) is 2.11. The quantitative estimate of drug-likeness (QED) is 0.834. The normalized spacial score (nSPS) is 17.3. The summed E-state index contributed by atoms with van der Waals surface area (Å²) in [6.45, 7) is 14.6. The molecular formula is C18H28N2O. The maximum atomic E-state index is 12.7. The van der Waals surface area contributed by atoms with E-state index in [4.69, 9.17) is 0 Å². The van der Waals surface area contributed by atoms with Crippen molar-refractivity contribution in [3.05, 3.63) is 35.4 Å². The van der Waals surface area contributed by atoms with E-state index in [1.807, 2.05) is 17.0 Å². The van der Waals surface area contributed by atoms with Gasteiger partial charge in [-0.2, -0.15) is 0 Å². The highest BCUT2D eigenvalue weighted by Gasteiger charge is 2.24. The molecule has 0 N–H and O–H groups in total. The van der Waals surface area contributed by atoms with Gasteiger partial charge in [0.2, 0.25) is 0 Å². The minimum atomic E-state index is 0.0760. The molecule has 1 saturated heterocycles. The van der Waals surface area contributed by atoms with Gasteiger partial charge in [0.05, 0.1) is 0 Å². The molecule has 0 aromatic heterocycles. The molecule has 0 radical (unpaired) electrons. The Morgan fingerprint density at radius 1 is 1.10 bits per heavy atom. The monoisotopic (exact) mass is 288 g/mol. The van der Waals surface area contributed by atoms with Crippen LogP contribution in [0.5, 0.6) is 0 Å². The first-order valence-electron chi connectivity index (χ1n) is 7.93. The lowest BCUT2D eigenvalue weighted by Crippen LogP contribution is -2.50. The van der Waals surface area contributed by atoms with E-state index in [1.165, 1.54) is 5.56 Å². The highest BCUT2D eigenvalue weighted by Crippen LogP contribution is 2.23. The van der Waals surface area contributed by atoms with Gasteiger partial charge < -0.3 is 4.90 Å². The van der Waals surface area contributed by atoms with Crippen LogP contribution in [0.25, 0.3) is 0 Å². The summed E-state index contributed by atoms with van der Waals surface area (Å²) in [6.07, 6.45) is 0. The summed E-state index contributed by atoms with van der Waals surface area (Å²) in [5, 5.41) is 0. The molecule has 1 fully saturated rings. The number of hydrogen-bond donors (Lipinski definition) is 0. The fraction of sp³-hybridized carbons (Fsp3) is 0.611. The number of nitrogens with zero attached hydrogens (tertiary/aromatic N) is 2. The van der Waals surface area contributed by atoms with E-state index in [-0.39, 0.29) is 11.3 Å². The molecule has 0 bridgehead atoms. The van der Waals surface area contributed by atoms with Gasteiger partial charge in [0.1, 0.15) is 0 Å². The van der Waals surface area contributed by atoms with Crippen LogP contribution in [-0.4, -0.2) is 47.9 Å². The van der Waals surface area contributed by atoms with Crippen LogP contribution in [0.2, 0.25) is 0 Å². The second kappa shape index (κ2) is 6.18. The van der Waals surface area contributed by atoms with Crippen LogP contribution in [0.4, 0.5) is 0 Å². The van der Waals surface area contributed by atoms with Crippen molar-refractivity contribution >= 4 is 5.91 Å². The molecule has 0 atom stereocenters. The molecule has 0 unspecified atom stereocenters. The number of carbonyl (C=O) groups is 1. The summed E-state index contributed by atoms with van der Waals surface area (Å²) in [5.74, 6) is 0.171. The van der Waals surface area contributed by atoms with Gasteiger partial charge in [-0.1, -0.05) is 32.9 Å². The molecule has 116 valence electrons. The summed E-state index contributed by atoms with van der Waals surface area (Å²) < 4.78 is 0. The fourth-order valence-electron chi connectivity index (χ4n) is 2.74. The van der Waals surface area contributed by atoms with Gasteiger partial charge in [0.15, 0.2) is 0 Å². The maximum Gasteiger partial charge on any atom is 0.253 e. The number of rotatable bonds is 2. The largest absolute Gasteiger partial charge is 0.336 e. The van der Waals surface area contributed by atoms with Crippen LogP contribution in [0.1, 0.15) is 50.5 Å². The first-order valence-corrected chi connectivity index (χ1v) is 7.93. The average molecular weight is 288 g/mol. The van der Waals surface area contributed by atoms with E-state index >= 15 is 0 Å². The van der Waals surface area contributed by atoms with Gasteiger partial charge in [-0.25, -0.2) is 0 Å². The molecule has 0 aliphatic carbocycles. The molecule has 1 heterocycles. The SMILES string of the molecule is CC(C)N1CCN(C(=O)c2cccc(C(C)(C)C)c2)CC1. The van der Waals surface area contributed by atoms with Crippen molar-refractivity contribution in [2.24, 2.45) is 0 Å². The number of carbonyl (C=O) groups excluding carboxylic acids is 1. The predicted octanol–water partition coefficient (Wildman–Crippen LogP) is 3.15. The van der Waals surface area contributed by atoms with Gasteiger partial charge in [-0.3, -0.25) is 9.69 Å². The third-order valence-corrected chi connectivity index (χ3v) is 4.31. The van der Waals surface area contributed by atoms with E-state index in [2.05, 4.69) is 51.7 Å². The average Bonchev–Trinajstić information content (AvgIpc) is 2.46. The summed E-state index contributed by atoms with van der Waals surface area (Å²) in [7, 11) is 0. The smallest absolute Gasteiger partial charge is 0.253 e. The van der Waals surface area contributed by atoms with Crippen molar-refractivity contribution in [2.45, 2.75) is 46.1 Å². The van der Waals surface area contributed by atoms with Gasteiger partial charge in [-0.05, 0) is 37.0 Å². The van der Waals surface area contributed by atoms with Crippen molar-refractivity contribution in [2.75, 3.05) is 26.2 Å². The summed E-state index contributed by atoms with van der Waals surface area (Å²) in [4.78, 5) is 17.1. The van der Waals surface area contributed by atoms with E-state index in [9.17, 15) is 4.79 Å². The highest BCUT2D eigenvalue weighted by atomic mass is 16.2. The lowest BCUT2D eigenvalue weighted by Gasteiger charge is -2.37. The van der Waals surface area contributed by atoms with E-state index in [1.54, 1.807) is 0 Å². The number of hydrogen-bond acceptors (Lipinski definition) is 2. The zero-order valence-corrected chi connectivity index (χ0v) is 14.0. The fourth-order valence-corrected chi connectivity index (χ4v) is 2.74. The van der Waals surface area contributed by atoms with Gasteiger partial charge in [0, 0.05) is 37.8 Å². The lowest BCUT2D eigenvalue weighted by atomic mass is 9.86. The minimum Gasteiger partial charge on any atom is -0.336 e. The van der Waals surface area contributed by atoms with Crippen molar-refractivity contribution < 1.29 is 4.79 Å². The van der Waals surface area contributed by atoms with Crippen molar-refractivity contribution in [3.63, 3.8) is 0 Å². The molecule has 2 rings (SSSR count). The van der Waals surface area contributed by atoms with Crippen LogP contribution in [0.3, 0.4) is 0 Å². The van der Waals surface area contributed by atoms with E-state index < -0.39 is 0 Å². The zero-order valence-electron chi connectivity index (χ0n) is 14.0. The summed E-state index contributed by atoms with van der Waals surface area (Å²) >= 11 is 0. The Labute approximate surface area is 128 Å². The zero-order chi connectivity index (χ0) is 15.6. The molecule has 1 aliphatic rings. The highest BCUT2D eigenvalue weighted by molar-refractivity contribution is 5.94. The molecule has 0 saturated carbocycles. The Morgan fingerprint density at radius 2 is 1.71 bits per heavy atom. The van der Waals surface area contributed by atoms with Crippen LogP contribution >= 0.6 is 0 Å².